The Morgan fingerprint density at radius 2 is 1.45 bits per heavy atom. The molecule has 2 aromatic carbocycles. The van der Waals surface area contributed by atoms with Gasteiger partial charge in [0.25, 0.3) is 10.0 Å². The average molecular weight is 467 g/mol. The molecule has 7 nitrogen and oxygen atoms in total. The molecule has 0 amide bonds. The molecule has 3 rings (SSSR count). The highest BCUT2D eigenvalue weighted by molar-refractivity contribution is 7.92. The molecule has 1 saturated heterocycles. The fourth-order valence-electron chi connectivity index (χ4n) is 3.67. The van der Waals surface area contributed by atoms with Crippen LogP contribution in [0.25, 0.3) is 0 Å². The lowest BCUT2D eigenvalue weighted by atomic mass is 10.0. The molecule has 0 spiro atoms. The highest BCUT2D eigenvalue weighted by Gasteiger charge is 2.25. The van der Waals surface area contributed by atoms with Crippen LogP contribution in [0.5, 0.6) is 5.75 Å². The predicted molar refractivity (Wildman–Crippen MR) is 122 cm³/mol. The number of sulfonamides is 2. The zero-order chi connectivity index (χ0) is 22.6. The first kappa shape index (κ1) is 23.6. The summed E-state index contributed by atoms with van der Waals surface area (Å²) in [6, 6.07) is 10.6. The van der Waals surface area contributed by atoms with Crippen molar-refractivity contribution in [3.63, 3.8) is 0 Å². The Balaban J connectivity index is 1.81. The van der Waals surface area contributed by atoms with Gasteiger partial charge in [0.05, 0.1) is 16.9 Å². The van der Waals surface area contributed by atoms with E-state index in [4.69, 9.17) is 4.74 Å². The second-order valence-electron chi connectivity index (χ2n) is 8.01. The highest BCUT2D eigenvalue weighted by atomic mass is 32.2. The summed E-state index contributed by atoms with van der Waals surface area (Å²) < 4.78 is 60.9. The molecule has 0 aromatic heterocycles. The largest absolute Gasteiger partial charge is 0.496 e. The molecule has 0 radical (unpaired) electrons. The normalized spacial score (nSPS) is 16.1. The summed E-state index contributed by atoms with van der Waals surface area (Å²) in [6.07, 6.45) is 3.79. The molecule has 1 aliphatic rings. The van der Waals surface area contributed by atoms with Crippen LogP contribution < -0.4 is 9.46 Å². The van der Waals surface area contributed by atoms with Crippen molar-refractivity contribution in [2.45, 2.75) is 55.2 Å². The summed E-state index contributed by atoms with van der Waals surface area (Å²) in [6.45, 7) is 4.97. The number of hydrogen-bond acceptors (Lipinski definition) is 5. The smallest absolute Gasteiger partial charge is 0.261 e. The van der Waals surface area contributed by atoms with Crippen LogP contribution in [0, 0.1) is 0 Å². The predicted octanol–water partition coefficient (Wildman–Crippen LogP) is 4.18. The Morgan fingerprint density at radius 1 is 0.871 bits per heavy atom. The van der Waals surface area contributed by atoms with Crippen molar-refractivity contribution >= 4 is 25.7 Å². The van der Waals surface area contributed by atoms with Crippen LogP contribution in [0.2, 0.25) is 0 Å². The number of rotatable bonds is 7. The van der Waals surface area contributed by atoms with Gasteiger partial charge in [-0.2, -0.15) is 4.31 Å². The second kappa shape index (κ2) is 9.58. The van der Waals surface area contributed by atoms with Crippen LogP contribution in [0.15, 0.2) is 52.3 Å². The van der Waals surface area contributed by atoms with E-state index in [1.165, 1.54) is 34.6 Å². The van der Waals surface area contributed by atoms with Crippen LogP contribution in [0.4, 0.5) is 5.69 Å². The van der Waals surface area contributed by atoms with Gasteiger partial charge in [0.15, 0.2) is 0 Å². The minimum Gasteiger partial charge on any atom is -0.496 e. The molecule has 1 fully saturated rings. The highest BCUT2D eigenvalue weighted by Crippen LogP contribution is 2.30. The second-order valence-corrected chi connectivity index (χ2v) is 11.6. The lowest BCUT2D eigenvalue weighted by Crippen LogP contribution is -2.31. The molecular weight excluding hydrogens is 436 g/mol. The van der Waals surface area contributed by atoms with Crippen LogP contribution in [-0.2, 0) is 20.0 Å². The maximum absolute atomic E-state index is 12.9. The van der Waals surface area contributed by atoms with Gasteiger partial charge in [-0.1, -0.05) is 26.7 Å². The standard InChI is InChI=1S/C22H30N2O5S2/c1-17(2)21-16-20(12-13-22(21)29-3)30(25,26)23-18-8-10-19(11-9-18)31(27,28)24-14-6-4-5-7-15-24/h8-13,16-17,23H,4-7,14-15H2,1-3H3. The Kier molecular flexibility index (Phi) is 7.28. The zero-order valence-electron chi connectivity index (χ0n) is 18.2. The third-order valence-electron chi connectivity index (χ3n) is 5.44. The van der Waals surface area contributed by atoms with Crippen molar-refractivity contribution in [1.82, 2.24) is 4.31 Å². The lowest BCUT2D eigenvalue weighted by molar-refractivity contribution is 0.407. The Labute approximate surface area is 185 Å². The van der Waals surface area contributed by atoms with E-state index in [-0.39, 0.29) is 15.7 Å². The van der Waals surface area contributed by atoms with Crippen molar-refractivity contribution in [3.05, 3.63) is 48.0 Å². The van der Waals surface area contributed by atoms with Gasteiger partial charge in [-0.15, -0.1) is 0 Å². The SMILES string of the molecule is COc1ccc(S(=O)(=O)Nc2ccc(S(=O)(=O)N3CCCCCC3)cc2)cc1C(C)C. The molecule has 0 aliphatic carbocycles. The van der Waals surface area contributed by atoms with Crippen molar-refractivity contribution in [1.29, 1.82) is 0 Å². The molecule has 0 atom stereocenters. The monoisotopic (exact) mass is 466 g/mol. The van der Waals surface area contributed by atoms with Gasteiger partial charge in [-0.05, 0) is 66.8 Å². The zero-order valence-corrected chi connectivity index (χ0v) is 19.8. The third-order valence-corrected chi connectivity index (χ3v) is 8.73. The van der Waals surface area contributed by atoms with E-state index in [0.29, 0.717) is 24.5 Å². The molecular formula is C22H30N2O5S2. The molecule has 31 heavy (non-hydrogen) atoms. The summed E-state index contributed by atoms with van der Waals surface area (Å²) in [7, 11) is -5.86. The maximum Gasteiger partial charge on any atom is 0.261 e. The number of methoxy groups -OCH3 is 1. The van der Waals surface area contributed by atoms with Crippen molar-refractivity contribution in [2.24, 2.45) is 0 Å². The summed E-state index contributed by atoms with van der Waals surface area (Å²) >= 11 is 0. The fraction of sp³-hybridized carbons (Fsp3) is 0.455. The summed E-state index contributed by atoms with van der Waals surface area (Å²) in [5.74, 6) is 0.727. The minimum atomic E-state index is -3.83. The van der Waals surface area contributed by atoms with E-state index in [1.807, 2.05) is 13.8 Å². The van der Waals surface area contributed by atoms with Gasteiger partial charge in [-0.3, -0.25) is 4.72 Å². The van der Waals surface area contributed by atoms with E-state index in [1.54, 1.807) is 19.2 Å². The van der Waals surface area contributed by atoms with Crippen molar-refractivity contribution < 1.29 is 21.6 Å². The Bertz CT molecular complexity index is 1100. The summed E-state index contributed by atoms with van der Waals surface area (Å²) in [4.78, 5) is 0.294. The average Bonchev–Trinajstić information content (AvgIpc) is 3.03. The van der Waals surface area contributed by atoms with E-state index < -0.39 is 20.0 Å². The van der Waals surface area contributed by atoms with E-state index in [2.05, 4.69) is 4.72 Å². The summed E-state index contributed by atoms with van der Waals surface area (Å²) in [5, 5.41) is 0. The first-order valence-electron chi connectivity index (χ1n) is 10.5. The van der Waals surface area contributed by atoms with Crippen LogP contribution in [0.3, 0.4) is 0 Å². The summed E-state index contributed by atoms with van der Waals surface area (Å²) in [5.41, 5.74) is 1.10. The Hall–Kier alpha value is -2.10. The number of hydrogen-bond donors (Lipinski definition) is 1. The van der Waals surface area contributed by atoms with Crippen LogP contribution >= 0.6 is 0 Å². The number of anilines is 1. The van der Waals surface area contributed by atoms with Crippen LogP contribution in [-0.4, -0.2) is 41.3 Å². The molecule has 2 aromatic rings. The molecule has 0 unspecified atom stereocenters. The van der Waals surface area contributed by atoms with Gasteiger partial charge in [0.2, 0.25) is 10.0 Å². The van der Waals surface area contributed by atoms with E-state index in [0.717, 1.165) is 31.2 Å². The van der Waals surface area contributed by atoms with Crippen molar-refractivity contribution in [3.8, 4) is 5.75 Å². The Morgan fingerprint density at radius 3 is 2.00 bits per heavy atom. The third kappa shape index (κ3) is 5.39. The van der Waals surface area contributed by atoms with Crippen molar-refractivity contribution in [2.75, 3.05) is 24.9 Å². The molecule has 1 aliphatic heterocycles. The molecule has 0 bridgehead atoms. The van der Waals surface area contributed by atoms with E-state index >= 15 is 0 Å². The molecule has 170 valence electrons. The van der Waals surface area contributed by atoms with Gasteiger partial charge in [-0.25, -0.2) is 16.8 Å². The number of nitrogens with zero attached hydrogens (tertiary/aromatic N) is 1. The van der Waals surface area contributed by atoms with Gasteiger partial charge in [0.1, 0.15) is 5.75 Å². The number of nitrogens with one attached hydrogen (secondary N) is 1. The molecule has 9 heteroatoms. The maximum atomic E-state index is 12.9. The minimum absolute atomic E-state index is 0.0913. The molecule has 1 N–H and O–H groups in total. The lowest BCUT2D eigenvalue weighted by Gasteiger charge is -2.20. The number of benzene rings is 2. The molecule has 0 saturated carbocycles. The number of ether oxygens (including phenoxy) is 1. The van der Waals surface area contributed by atoms with Gasteiger partial charge < -0.3 is 4.74 Å². The first-order chi connectivity index (χ1) is 14.6. The van der Waals surface area contributed by atoms with Crippen LogP contribution in [0.1, 0.15) is 51.0 Å². The van der Waals surface area contributed by atoms with E-state index in [9.17, 15) is 16.8 Å². The fourth-order valence-corrected chi connectivity index (χ4v) is 6.28. The first-order valence-corrected chi connectivity index (χ1v) is 13.4. The topological polar surface area (TPSA) is 92.8 Å². The molecule has 1 heterocycles. The van der Waals surface area contributed by atoms with Gasteiger partial charge in [0, 0.05) is 18.8 Å². The quantitative estimate of drug-likeness (QED) is 0.661. The van der Waals surface area contributed by atoms with Gasteiger partial charge >= 0.3 is 0 Å².